The Morgan fingerprint density at radius 1 is 0.333 bits per heavy atom. The molecule has 0 spiro atoms. The minimum atomic E-state index is -1.54. The molecule has 0 aliphatic carbocycles. The van der Waals surface area contributed by atoms with Gasteiger partial charge in [0.05, 0.1) is 38.6 Å². The Balaban J connectivity index is 1.27. The summed E-state index contributed by atoms with van der Waals surface area (Å²) in [4.78, 5) is 4.97. The van der Waals surface area contributed by atoms with Gasteiger partial charge in [-0.05, 0) is 120 Å². The topological polar surface area (TPSA) is 11.4 Å². The van der Waals surface area contributed by atoms with Crippen LogP contribution in [-0.2, 0) is 0 Å². The third kappa shape index (κ3) is 8.05. The van der Waals surface area contributed by atoms with Crippen LogP contribution in [0.15, 0.2) is 212 Å². The Morgan fingerprint density at radius 2 is 0.725 bits per heavy atom. The van der Waals surface area contributed by atoms with Crippen LogP contribution in [0.4, 0.5) is 34.1 Å². The Hall–Kier alpha value is -7.45. The summed E-state index contributed by atoms with van der Waals surface area (Å²) in [6.45, 7) is 18.9. The summed E-state index contributed by atoms with van der Waals surface area (Å²) in [6, 6.07) is 79.7. The van der Waals surface area contributed by atoms with Crippen LogP contribution < -0.4 is 20.2 Å². The lowest BCUT2D eigenvalue weighted by molar-refractivity contribution is 1.18. The van der Waals surface area contributed by atoms with Gasteiger partial charge in [-0.25, -0.2) is 0 Å². The Bertz CT molecular complexity index is 3490. The van der Waals surface area contributed by atoms with E-state index in [4.69, 9.17) is 0 Å². The average Bonchev–Trinajstić information content (AvgIpc) is 3.69. The van der Waals surface area contributed by atoms with Crippen molar-refractivity contribution in [2.75, 3.05) is 9.80 Å². The molecule has 0 aliphatic rings. The van der Waals surface area contributed by atoms with E-state index in [1.165, 1.54) is 64.9 Å². The summed E-state index contributed by atoms with van der Waals surface area (Å²) in [5.74, 6) is 0. The highest BCUT2D eigenvalue weighted by Gasteiger charge is 2.27. The number of benzene rings is 10. The van der Waals surface area contributed by atoms with Gasteiger partial charge in [-0.3, -0.25) is 0 Å². The summed E-state index contributed by atoms with van der Waals surface area (Å²) < 4.78 is 2.54. The van der Waals surface area contributed by atoms with Crippen molar-refractivity contribution >= 4 is 104 Å². The van der Waals surface area contributed by atoms with Gasteiger partial charge in [-0.15, -0.1) is 0 Å². The zero-order valence-electron chi connectivity index (χ0n) is 41.0. The van der Waals surface area contributed by atoms with Crippen LogP contribution in [0.1, 0.15) is 11.1 Å². The summed E-state index contributed by atoms with van der Waals surface area (Å²) in [6.07, 6.45) is 0. The number of rotatable bonds is 10. The third-order valence-electron chi connectivity index (χ3n) is 14.0. The first kappa shape index (κ1) is 44.1. The van der Waals surface area contributed by atoms with Crippen molar-refractivity contribution in [3.8, 4) is 16.8 Å². The molecule has 1 heterocycles. The minimum Gasteiger partial charge on any atom is -0.310 e. The number of aromatic nitrogens is 1. The molecule has 10 aromatic carbocycles. The Kier molecular flexibility index (Phi) is 11.0. The first-order valence-corrected chi connectivity index (χ1v) is 31.3. The molecule has 5 heteroatoms. The van der Waals surface area contributed by atoms with Crippen molar-refractivity contribution in [1.29, 1.82) is 0 Å². The first-order chi connectivity index (χ1) is 33.3. The predicted molar refractivity (Wildman–Crippen MR) is 306 cm³/mol. The fraction of sp³-hybridized carbons (Fsp3) is 0.125. The van der Waals surface area contributed by atoms with Gasteiger partial charge in [-0.1, -0.05) is 189 Å². The second-order valence-electron chi connectivity index (χ2n) is 20.9. The molecule has 0 N–H and O–H groups in total. The van der Waals surface area contributed by atoms with Gasteiger partial charge in [0.2, 0.25) is 0 Å². The summed E-state index contributed by atoms with van der Waals surface area (Å²) >= 11 is 0. The SMILES string of the molecule is Cc1cccc(N(c2ccc([Si](C)(C)C)cc2)c2cc3c(c4ccccc24)c2c4ccccc4c(N(c4ccc([Si](C)(C)C)cc4)c4cccc(C)c4)cc2n3-c2ccc(-c3ccccc3)cc2)c1. The highest BCUT2D eigenvalue weighted by Crippen LogP contribution is 2.50. The van der Waals surface area contributed by atoms with Gasteiger partial charge >= 0.3 is 0 Å². The first-order valence-electron chi connectivity index (χ1n) is 24.3. The molecule has 0 unspecified atom stereocenters. The van der Waals surface area contributed by atoms with E-state index in [0.29, 0.717) is 0 Å². The fourth-order valence-electron chi connectivity index (χ4n) is 10.4. The third-order valence-corrected chi connectivity index (χ3v) is 18.1. The van der Waals surface area contributed by atoms with E-state index < -0.39 is 16.1 Å². The van der Waals surface area contributed by atoms with E-state index in [0.717, 1.165) is 50.8 Å². The quantitative estimate of drug-likeness (QED) is 0.127. The van der Waals surface area contributed by atoms with E-state index in [2.05, 4.69) is 280 Å². The molecule has 0 fully saturated rings. The monoisotopic (exact) mass is 925 g/mol. The van der Waals surface area contributed by atoms with E-state index in [-0.39, 0.29) is 0 Å². The lowest BCUT2D eigenvalue weighted by Crippen LogP contribution is -2.37. The molecule has 69 heavy (non-hydrogen) atoms. The van der Waals surface area contributed by atoms with E-state index >= 15 is 0 Å². The number of anilines is 6. The maximum absolute atomic E-state index is 2.54. The van der Waals surface area contributed by atoms with Crippen molar-refractivity contribution in [2.45, 2.75) is 53.1 Å². The van der Waals surface area contributed by atoms with Crippen molar-refractivity contribution in [1.82, 2.24) is 4.57 Å². The predicted octanol–water partition coefficient (Wildman–Crippen LogP) is 17.4. The van der Waals surface area contributed by atoms with E-state index in [1.807, 2.05) is 0 Å². The van der Waals surface area contributed by atoms with E-state index in [1.54, 1.807) is 0 Å². The van der Waals surface area contributed by atoms with Gasteiger partial charge < -0.3 is 14.4 Å². The zero-order valence-corrected chi connectivity index (χ0v) is 43.0. The van der Waals surface area contributed by atoms with Crippen LogP contribution in [0, 0.1) is 13.8 Å². The number of fused-ring (bicyclic) bond motifs is 7. The number of hydrogen-bond acceptors (Lipinski definition) is 2. The molecule has 1 aromatic heterocycles. The molecule has 0 atom stereocenters. The second-order valence-corrected chi connectivity index (χ2v) is 31.0. The highest BCUT2D eigenvalue weighted by atomic mass is 28.3. The normalized spacial score (nSPS) is 12.1. The average molecular weight is 926 g/mol. The molecule has 0 amide bonds. The summed E-state index contributed by atoms with van der Waals surface area (Å²) in [5, 5.41) is 10.3. The van der Waals surface area contributed by atoms with Crippen molar-refractivity contribution < 1.29 is 0 Å². The fourth-order valence-corrected chi connectivity index (χ4v) is 12.7. The van der Waals surface area contributed by atoms with Crippen LogP contribution in [-0.4, -0.2) is 20.7 Å². The lowest BCUT2D eigenvalue weighted by atomic mass is 9.96. The van der Waals surface area contributed by atoms with E-state index in [9.17, 15) is 0 Å². The zero-order chi connectivity index (χ0) is 47.6. The molecular formula is C64H59N3Si2. The van der Waals surface area contributed by atoms with Crippen LogP contribution in [0.25, 0.3) is 60.2 Å². The molecule has 0 bridgehead atoms. The molecule has 11 aromatic rings. The van der Waals surface area contributed by atoms with Gasteiger partial charge in [0, 0.05) is 50.0 Å². The van der Waals surface area contributed by atoms with Crippen molar-refractivity contribution in [2.24, 2.45) is 0 Å². The van der Waals surface area contributed by atoms with Crippen LogP contribution >= 0.6 is 0 Å². The summed E-state index contributed by atoms with van der Waals surface area (Å²) in [5.41, 5.74) is 15.1. The molecule has 0 radical (unpaired) electrons. The number of aryl methyl sites for hydroxylation is 2. The molecule has 0 saturated heterocycles. The van der Waals surface area contributed by atoms with Crippen LogP contribution in [0.2, 0.25) is 39.3 Å². The van der Waals surface area contributed by atoms with Crippen LogP contribution in [0.5, 0.6) is 0 Å². The highest BCUT2D eigenvalue weighted by molar-refractivity contribution is 6.89. The number of hydrogen-bond donors (Lipinski definition) is 0. The lowest BCUT2D eigenvalue weighted by Gasteiger charge is -2.28. The van der Waals surface area contributed by atoms with Crippen molar-refractivity contribution in [3.63, 3.8) is 0 Å². The van der Waals surface area contributed by atoms with Gasteiger partial charge in [0.1, 0.15) is 0 Å². The summed E-state index contributed by atoms with van der Waals surface area (Å²) in [7, 11) is -3.09. The Labute approximate surface area is 409 Å². The smallest absolute Gasteiger partial charge is 0.0775 e. The molecule has 0 saturated carbocycles. The van der Waals surface area contributed by atoms with Gasteiger partial charge in [0.15, 0.2) is 0 Å². The molecule has 0 aliphatic heterocycles. The van der Waals surface area contributed by atoms with Crippen molar-refractivity contribution in [3.05, 3.63) is 223 Å². The molecule has 3 nitrogen and oxygen atoms in total. The molecule has 11 rings (SSSR count). The number of nitrogens with zero attached hydrogens (tertiary/aromatic N) is 3. The Morgan fingerprint density at radius 3 is 1.13 bits per heavy atom. The van der Waals surface area contributed by atoms with Gasteiger partial charge in [0.25, 0.3) is 0 Å². The molecule has 338 valence electrons. The van der Waals surface area contributed by atoms with Gasteiger partial charge in [-0.2, -0.15) is 0 Å². The minimum absolute atomic E-state index is 1.11. The standard InChI is InChI=1S/C64H59N3Si2/c1-44-18-16-22-51(40-44)65(48-32-36-53(37-33-48)68(3,4)5)59-42-61-63(57-26-14-12-24-55(57)59)64-58-27-15-13-25-56(58)60(43-62(64)67(61)50-30-28-47(29-31-50)46-20-10-9-11-21-46)66(52-23-17-19-45(2)41-52)49-34-38-54(39-35-49)69(6,7)8/h9-43H,1-8H3. The maximum atomic E-state index is 2.54. The largest absolute Gasteiger partial charge is 0.310 e. The maximum Gasteiger partial charge on any atom is 0.0775 e. The van der Waals surface area contributed by atoms with Crippen LogP contribution in [0.3, 0.4) is 0 Å². The second kappa shape index (κ2) is 17.3. The molecular weight excluding hydrogens is 867 g/mol.